The molecule has 0 bridgehead atoms. The molecule has 0 aromatic carbocycles. The van der Waals surface area contributed by atoms with E-state index in [1.807, 2.05) is 12.2 Å². The van der Waals surface area contributed by atoms with Crippen LogP contribution in [0, 0.1) is 28.6 Å². The number of allylic oxidation sites excluding steroid dienone is 1. The Kier molecular flexibility index (Phi) is 3.66. The molecule has 3 fully saturated rings. The zero-order valence-electron chi connectivity index (χ0n) is 15.3. The summed E-state index contributed by atoms with van der Waals surface area (Å²) in [5, 5.41) is 11.3. The van der Waals surface area contributed by atoms with E-state index >= 15 is 0 Å². The van der Waals surface area contributed by atoms with Crippen LogP contribution in [0.25, 0.3) is 0 Å². The highest BCUT2D eigenvalue weighted by atomic mass is 16.3. The molecule has 0 spiro atoms. The number of hydrogen-bond donors (Lipinski definition) is 1. The zero-order valence-corrected chi connectivity index (χ0v) is 15.3. The van der Waals surface area contributed by atoms with Gasteiger partial charge in [0, 0.05) is 6.42 Å². The van der Waals surface area contributed by atoms with Crippen molar-refractivity contribution in [3.8, 4) is 0 Å². The van der Waals surface area contributed by atoms with E-state index in [1.165, 1.54) is 18.4 Å². The highest BCUT2D eigenvalue weighted by Gasteiger charge is 2.63. The Morgan fingerprint density at radius 2 is 1.92 bits per heavy atom. The van der Waals surface area contributed by atoms with Crippen molar-refractivity contribution in [2.75, 3.05) is 0 Å². The third kappa shape index (κ3) is 2.01. The molecule has 1 N–H and O–H groups in total. The molecular weight excluding hydrogens is 296 g/mol. The Morgan fingerprint density at radius 3 is 2.67 bits per heavy atom. The van der Waals surface area contributed by atoms with Crippen LogP contribution in [-0.4, -0.2) is 16.5 Å². The van der Waals surface area contributed by atoms with Gasteiger partial charge in [-0.15, -0.1) is 6.58 Å². The molecule has 0 amide bonds. The molecule has 2 heteroatoms. The lowest BCUT2D eigenvalue weighted by molar-refractivity contribution is -0.128. The van der Waals surface area contributed by atoms with Crippen LogP contribution in [-0.2, 0) is 4.79 Å². The van der Waals surface area contributed by atoms with Gasteiger partial charge in [-0.05, 0) is 86.0 Å². The molecule has 0 aliphatic heterocycles. The fourth-order valence-corrected chi connectivity index (χ4v) is 7.24. The lowest BCUT2D eigenvalue weighted by Gasteiger charge is -2.59. The number of fused-ring (bicyclic) bond motifs is 5. The Bertz CT molecular complexity index is 605. The minimum atomic E-state index is -0.552. The molecule has 0 radical (unpaired) electrons. The van der Waals surface area contributed by atoms with Crippen LogP contribution in [0.15, 0.2) is 24.3 Å². The summed E-state index contributed by atoms with van der Waals surface area (Å²) in [6.45, 7) is 8.67. The summed E-state index contributed by atoms with van der Waals surface area (Å²) in [5.41, 5.74) is 1.16. The van der Waals surface area contributed by atoms with Crippen LogP contribution in [0.1, 0.15) is 71.6 Å². The molecule has 0 aromatic heterocycles. The maximum atomic E-state index is 11.9. The molecule has 0 aromatic rings. The van der Waals surface area contributed by atoms with E-state index < -0.39 is 5.60 Å². The number of hydrogen-bond acceptors (Lipinski definition) is 2. The third-order valence-corrected chi connectivity index (χ3v) is 8.77. The SMILES string of the molecule is C=CCC1(O)CCC2C3CCC4=CC(=O)CCC4(C)C3CCC21C. The molecule has 0 saturated heterocycles. The summed E-state index contributed by atoms with van der Waals surface area (Å²) in [7, 11) is 0. The van der Waals surface area contributed by atoms with Crippen molar-refractivity contribution < 1.29 is 9.90 Å². The van der Waals surface area contributed by atoms with Crippen LogP contribution < -0.4 is 0 Å². The second-order valence-corrected chi connectivity index (χ2v) is 9.49. The largest absolute Gasteiger partial charge is 0.389 e. The molecule has 6 unspecified atom stereocenters. The van der Waals surface area contributed by atoms with Gasteiger partial charge in [0.1, 0.15) is 0 Å². The van der Waals surface area contributed by atoms with Crippen LogP contribution in [0.2, 0.25) is 0 Å². The predicted molar refractivity (Wildman–Crippen MR) is 96.5 cm³/mol. The minimum Gasteiger partial charge on any atom is -0.389 e. The molecule has 4 aliphatic rings. The van der Waals surface area contributed by atoms with Gasteiger partial charge in [-0.2, -0.15) is 0 Å². The number of carbonyl (C=O) groups is 1. The fraction of sp³-hybridized carbons (Fsp3) is 0.773. The molecule has 4 rings (SSSR count). The average Bonchev–Trinajstić information content (AvgIpc) is 2.80. The van der Waals surface area contributed by atoms with Crippen LogP contribution in [0.5, 0.6) is 0 Å². The van der Waals surface area contributed by atoms with Crippen molar-refractivity contribution in [1.29, 1.82) is 0 Å². The first-order valence-electron chi connectivity index (χ1n) is 9.91. The Balaban J connectivity index is 1.67. The molecule has 6 atom stereocenters. The first kappa shape index (κ1) is 16.6. The Morgan fingerprint density at radius 1 is 1.17 bits per heavy atom. The molecular formula is C22H32O2. The predicted octanol–water partition coefficient (Wildman–Crippen LogP) is 4.83. The van der Waals surface area contributed by atoms with E-state index in [-0.39, 0.29) is 10.8 Å². The van der Waals surface area contributed by atoms with E-state index in [0.717, 1.165) is 50.9 Å². The van der Waals surface area contributed by atoms with Gasteiger partial charge in [-0.3, -0.25) is 4.79 Å². The first-order chi connectivity index (χ1) is 11.3. The van der Waals surface area contributed by atoms with Gasteiger partial charge in [0.25, 0.3) is 0 Å². The second kappa shape index (κ2) is 5.30. The second-order valence-electron chi connectivity index (χ2n) is 9.49. The monoisotopic (exact) mass is 328 g/mol. The molecule has 132 valence electrons. The van der Waals surface area contributed by atoms with Gasteiger partial charge in [-0.25, -0.2) is 0 Å². The van der Waals surface area contributed by atoms with E-state index in [0.29, 0.717) is 17.6 Å². The third-order valence-electron chi connectivity index (χ3n) is 8.77. The number of aliphatic hydroxyl groups is 1. The summed E-state index contributed by atoms with van der Waals surface area (Å²) in [6, 6.07) is 0. The molecule has 24 heavy (non-hydrogen) atoms. The Hall–Kier alpha value is -0.890. The van der Waals surface area contributed by atoms with Crippen molar-refractivity contribution >= 4 is 5.78 Å². The van der Waals surface area contributed by atoms with E-state index in [2.05, 4.69) is 20.4 Å². The highest BCUT2D eigenvalue weighted by molar-refractivity contribution is 5.91. The number of carbonyl (C=O) groups excluding carboxylic acids is 1. The van der Waals surface area contributed by atoms with Crippen molar-refractivity contribution in [3.05, 3.63) is 24.3 Å². The van der Waals surface area contributed by atoms with Crippen molar-refractivity contribution in [2.24, 2.45) is 28.6 Å². The fourth-order valence-electron chi connectivity index (χ4n) is 7.24. The summed E-state index contributed by atoms with van der Waals surface area (Å²) in [5.74, 6) is 2.40. The van der Waals surface area contributed by atoms with Crippen LogP contribution in [0.4, 0.5) is 0 Å². The zero-order chi connectivity index (χ0) is 17.2. The van der Waals surface area contributed by atoms with E-state index in [4.69, 9.17) is 0 Å². The summed E-state index contributed by atoms with van der Waals surface area (Å²) >= 11 is 0. The van der Waals surface area contributed by atoms with Crippen LogP contribution in [0.3, 0.4) is 0 Å². The minimum absolute atomic E-state index is 0.0461. The number of ketones is 1. The normalized spacial score (nSPS) is 50.5. The van der Waals surface area contributed by atoms with Gasteiger partial charge in [0.05, 0.1) is 5.60 Å². The smallest absolute Gasteiger partial charge is 0.155 e. The average molecular weight is 328 g/mol. The van der Waals surface area contributed by atoms with Crippen LogP contribution >= 0.6 is 0 Å². The summed E-state index contributed by atoms with van der Waals surface area (Å²) in [6.07, 6.45) is 13.1. The van der Waals surface area contributed by atoms with Gasteiger partial charge in [0.15, 0.2) is 5.78 Å². The van der Waals surface area contributed by atoms with E-state index in [1.54, 1.807) is 0 Å². The molecule has 2 nitrogen and oxygen atoms in total. The maximum absolute atomic E-state index is 11.9. The van der Waals surface area contributed by atoms with Gasteiger partial charge >= 0.3 is 0 Å². The topological polar surface area (TPSA) is 37.3 Å². The lowest BCUT2D eigenvalue weighted by Crippen LogP contribution is -2.54. The van der Waals surface area contributed by atoms with Crippen molar-refractivity contribution in [2.45, 2.75) is 77.2 Å². The lowest BCUT2D eigenvalue weighted by atomic mass is 9.46. The first-order valence-corrected chi connectivity index (χ1v) is 9.91. The standard InChI is InChI=1S/C22H32O2/c1-4-10-22(24)13-9-19-17-6-5-15-14-16(23)7-11-20(15,2)18(17)8-12-21(19,22)3/h4,14,17-19,24H,1,5-13H2,2-3H3. The molecule has 4 aliphatic carbocycles. The number of rotatable bonds is 2. The summed E-state index contributed by atoms with van der Waals surface area (Å²) in [4.78, 5) is 11.9. The quantitative estimate of drug-likeness (QED) is 0.738. The highest BCUT2D eigenvalue weighted by Crippen LogP contribution is 2.68. The maximum Gasteiger partial charge on any atom is 0.155 e. The Labute approximate surface area is 146 Å². The summed E-state index contributed by atoms with van der Waals surface area (Å²) < 4.78 is 0. The van der Waals surface area contributed by atoms with Crippen molar-refractivity contribution in [1.82, 2.24) is 0 Å². The van der Waals surface area contributed by atoms with Crippen molar-refractivity contribution in [3.63, 3.8) is 0 Å². The molecule has 3 saturated carbocycles. The molecule has 0 heterocycles. The van der Waals surface area contributed by atoms with Gasteiger partial charge in [-0.1, -0.05) is 25.5 Å². The van der Waals surface area contributed by atoms with Gasteiger partial charge < -0.3 is 5.11 Å². The van der Waals surface area contributed by atoms with E-state index in [9.17, 15) is 9.90 Å². The van der Waals surface area contributed by atoms with Gasteiger partial charge in [0.2, 0.25) is 0 Å².